The van der Waals surface area contributed by atoms with Crippen molar-refractivity contribution in [3.63, 3.8) is 0 Å². The van der Waals surface area contributed by atoms with Gasteiger partial charge in [-0.25, -0.2) is 4.59 Å². The van der Waals surface area contributed by atoms with Gasteiger partial charge in [-0.2, -0.15) is 0 Å². The average Bonchev–Trinajstić information content (AvgIpc) is 2.28. The maximum atomic E-state index is 5.15. The van der Waals surface area contributed by atoms with Crippen LogP contribution in [0.2, 0.25) is 0 Å². The number of quaternary nitrogens is 1. The van der Waals surface area contributed by atoms with E-state index < -0.39 is 0 Å². The number of hydrogen-bond acceptors (Lipinski definition) is 3. The molecule has 0 aliphatic carbocycles. The molecule has 1 N–H and O–H groups in total. The van der Waals surface area contributed by atoms with E-state index >= 15 is 0 Å². The first-order valence-corrected chi connectivity index (χ1v) is 6.29. The molecule has 0 saturated carbocycles. The molecule has 0 unspecified atom stereocenters. The first-order valence-electron chi connectivity index (χ1n) is 5.88. The number of nitrogens with one attached hydrogen (secondary N) is 1. The fourth-order valence-corrected chi connectivity index (χ4v) is 1.56. The van der Waals surface area contributed by atoms with Gasteiger partial charge in [0, 0.05) is 12.1 Å². The third-order valence-corrected chi connectivity index (χ3v) is 2.21. The molecule has 0 amide bonds. The zero-order valence-electron chi connectivity index (χ0n) is 11.3. The van der Waals surface area contributed by atoms with Crippen molar-refractivity contribution < 1.29 is 4.59 Å². The molecule has 0 radical (unpaired) electrons. The fourth-order valence-electron chi connectivity index (χ4n) is 1.34. The van der Waals surface area contributed by atoms with Crippen molar-refractivity contribution in [2.45, 2.75) is 6.92 Å². The minimum atomic E-state index is 0.464. The van der Waals surface area contributed by atoms with Crippen molar-refractivity contribution in [3.05, 3.63) is 35.9 Å². The lowest BCUT2D eigenvalue weighted by Crippen LogP contribution is -2.37. The van der Waals surface area contributed by atoms with Crippen LogP contribution in [0.3, 0.4) is 0 Å². The van der Waals surface area contributed by atoms with E-state index in [2.05, 4.69) is 15.4 Å². The Balaban J connectivity index is 3.05. The molecule has 5 heteroatoms. The first kappa shape index (κ1) is 14.6. The van der Waals surface area contributed by atoms with E-state index in [9.17, 15) is 0 Å². The van der Waals surface area contributed by atoms with E-state index in [1.54, 1.807) is 0 Å². The SMILES string of the molecule is CCN=C([S-])N/C(=N\[N+](C)(C)C)c1ccccc1. The van der Waals surface area contributed by atoms with Gasteiger partial charge < -0.3 is 17.9 Å². The molecule has 0 heterocycles. The maximum absolute atomic E-state index is 5.15. The van der Waals surface area contributed by atoms with E-state index in [1.807, 2.05) is 58.4 Å². The van der Waals surface area contributed by atoms with Crippen LogP contribution in [-0.2, 0) is 12.6 Å². The second-order valence-corrected chi connectivity index (χ2v) is 5.05. The summed E-state index contributed by atoms with van der Waals surface area (Å²) in [6.45, 7) is 2.62. The van der Waals surface area contributed by atoms with E-state index in [-0.39, 0.29) is 0 Å². The number of amidine groups is 2. The lowest BCUT2D eigenvalue weighted by molar-refractivity contribution is -0.877. The van der Waals surface area contributed by atoms with Gasteiger partial charge >= 0.3 is 0 Å². The quantitative estimate of drug-likeness (QED) is 0.296. The molecule has 0 fully saturated rings. The monoisotopic (exact) mass is 264 g/mol. The highest BCUT2D eigenvalue weighted by Gasteiger charge is 2.10. The van der Waals surface area contributed by atoms with Gasteiger partial charge in [0.25, 0.3) is 0 Å². The van der Waals surface area contributed by atoms with Crippen LogP contribution in [0.1, 0.15) is 12.5 Å². The Labute approximate surface area is 114 Å². The van der Waals surface area contributed by atoms with Crippen LogP contribution in [0.4, 0.5) is 0 Å². The molecular formula is C13H20N4S. The number of benzene rings is 1. The molecule has 0 bridgehead atoms. The van der Waals surface area contributed by atoms with Crippen LogP contribution in [0, 0.1) is 0 Å². The van der Waals surface area contributed by atoms with Crippen molar-refractivity contribution in [1.29, 1.82) is 0 Å². The maximum Gasteiger partial charge on any atom is 0.193 e. The van der Waals surface area contributed by atoms with Crippen molar-refractivity contribution in [2.75, 3.05) is 27.7 Å². The van der Waals surface area contributed by atoms with Gasteiger partial charge in [0.1, 0.15) is 0 Å². The van der Waals surface area contributed by atoms with Crippen LogP contribution in [0.25, 0.3) is 0 Å². The Morgan fingerprint density at radius 3 is 2.33 bits per heavy atom. The third kappa shape index (κ3) is 5.25. The molecule has 0 saturated heterocycles. The Morgan fingerprint density at radius 1 is 1.22 bits per heavy atom. The molecule has 0 aliphatic rings. The van der Waals surface area contributed by atoms with E-state index in [1.165, 1.54) is 0 Å². The highest BCUT2D eigenvalue weighted by molar-refractivity contribution is 7.77. The van der Waals surface area contributed by atoms with E-state index in [0.29, 0.717) is 16.3 Å². The van der Waals surface area contributed by atoms with Gasteiger partial charge in [0.05, 0.1) is 21.1 Å². The smallest absolute Gasteiger partial charge is 0.193 e. The summed E-state index contributed by atoms with van der Waals surface area (Å²) in [6, 6.07) is 9.91. The summed E-state index contributed by atoms with van der Waals surface area (Å²) < 4.78 is 0.464. The minimum absolute atomic E-state index is 0.464. The fraction of sp³-hybridized carbons (Fsp3) is 0.385. The molecule has 18 heavy (non-hydrogen) atoms. The molecule has 1 rings (SSSR count). The summed E-state index contributed by atoms with van der Waals surface area (Å²) in [5, 5.41) is 8.15. The minimum Gasteiger partial charge on any atom is -0.743 e. The van der Waals surface area contributed by atoms with E-state index in [0.717, 1.165) is 11.4 Å². The van der Waals surface area contributed by atoms with Crippen molar-refractivity contribution in [2.24, 2.45) is 10.1 Å². The molecule has 98 valence electrons. The van der Waals surface area contributed by atoms with Crippen LogP contribution >= 0.6 is 0 Å². The lowest BCUT2D eigenvalue weighted by Gasteiger charge is -2.21. The molecule has 0 atom stereocenters. The summed E-state index contributed by atoms with van der Waals surface area (Å²) in [4.78, 5) is 4.15. The Kier molecular flexibility index (Phi) is 5.25. The van der Waals surface area contributed by atoms with Crippen LogP contribution in [0.15, 0.2) is 40.4 Å². The normalized spacial score (nSPS) is 13.6. The van der Waals surface area contributed by atoms with Gasteiger partial charge in [-0.05, 0) is 12.1 Å². The highest BCUT2D eigenvalue weighted by Crippen LogP contribution is 2.03. The number of rotatable bonds is 3. The Bertz CT molecular complexity index is 432. The van der Waals surface area contributed by atoms with Crippen molar-refractivity contribution >= 4 is 23.6 Å². The summed E-state index contributed by atoms with van der Waals surface area (Å²) in [5.74, 6) is 0.741. The molecule has 0 spiro atoms. The molecular weight excluding hydrogens is 244 g/mol. The van der Waals surface area contributed by atoms with Crippen molar-refractivity contribution in [1.82, 2.24) is 5.32 Å². The van der Waals surface area contributed by atoms with Gasteiger partial charge in [-0.3, -0.25) is 4.99 Å². The summed E-state index contributed by atoms with van der Waals surface area (Å²) >= 11 is 5.15. The summed E-state index contributed by atoms with van der Waals surface area (Å²) in [5.41, 5.74) is 0.999. The predicted molar refractivity (Wildman–Crippen MR) is 79.5 cm³/mol. The largest absolute Gasteiger partial charge is 0.743 e. The molecule has 1 aromatic rings. The van der Waals surface area contributed by atoms with Gasteiger partial charge in [0.2, 0.25) is 0 Å². The average molecular weight is 264 g/mol. The predicted octanol–water partition coefficient (Wildman–Crippen LogP) is 1.57. The lowest BCUT2D eigenvalue weighted by atomic mass is 10.2. The standard InChI is InChI=1S/C13H20N4S/c1-5-14-13(18)15-12(16-17(2,3)4)11-9-7-6-8-10-11/h6-10H,5H2,1-4H3,(H-,14,15,16,18). The highest BCUT2D eigenvalue weighted by atomic mass is 32.1. The molecule has 0 aliphatic heterocycles. The van der Waals surface area contributed by atoms with Crippen LogP contribution < -0.4 is 5.32 Å². The summed E-state index contributed by atoms with van der Waals surface area (Å²) in [7, 11) is 5.97. The Hall–Kier alpha value is -1.46. The molecule has 4 nitrogen and oxygen atoms in total. The molecule has 0 aromatic heterocycles. The van der Waals surface area contributed by atoms with Gasteiger partial charge in [-0.1, -0.05) is 35.4 Å². The van der Waals surface area contributed by atoms with Crippen LogP contribution in [0.5, 0.6) is 0 Å². The third-order valence-electron chi connectivity index (χ3n) is 1.97. The van der Waals surface area contributed by atoms with Gasteiger partial charge in [-0.15, -0.1) is 0 Å². The zero-order chi connectivity index (χ0) is 13.6. The second kappa shape index (κ2) is 6.47. The number of nitrogens with zero attached hydrogens (tertiary/aromatic N) is 3. The van der Waals surface area contributed by atoms with Crippen molar-refractivity contribution in [3.8, 4) is 0 Å². The van der Waals surface area contributed by atoms with Gasteiger partial charge in [0.15, 0.2) is 5.84 Å². The topological polar surface area (TPSA) is 36.8 Å². The Morgan fingerprint density at radius 2 is 1.83 bits per heavy atom. The molecule has 1 aromatic carbocycles. The van der Waals surface area contributed by atoms with Crippen LogP contribution in [-0.4, -0.2) is 43.3 Å². The first-order chi connectivity index (χ1) is 8.42. The van der Waals surface area contributed by atoms with E-state index in [4.69, 9.17) is 12.6 Å². The number of aliphatic imine (C=N–C) groups is 1. The summed E-state index contributed by atoms with van der Waals surface area (Å²) in [6.07, 6.45) is 0. The second-order valence-electron chi connectivity index (χ2n) is 4.66. The zero-order valence-corrected chi connectivity index (χ0v) is 12.2. The number of hydrogen-bond donors (Lipinski definition) is 1.